The number of nitrogens with two attached hydrogens (primary N) is 1. The average molecular weight is 183 g/mol. The lowest BCUT2D eigenvalue weighted by Gasteiger charge is -2.11. The van der Waals surface area contributed by atoms with E-state index in [1.165, 1.54) is 6.07 Å². The molecular formula is C10H14FNO. The third-order valence-corrected chi connectivity index (χ3v) is 2.08. The Morgan fingerprint density at radius 1 is 1.54 bits per heavy atom. The zero-order valence-electron chi connectivity index (χ0n) is 7.63. The molecule has 0 spiro atoms. The molecule has 0 radical (unpaired) electrons. The summed E-state index contributed by atoms with van der Waals surface area (Å²) in [6.07, 6.45) is 0.686. The van der Waals surface area contributed by atoms with E-state index in [4.69, 9.17) is 10.8 Å². The summed E-state index contributed by atoms with van der Waals surface area (Å²) in [5.74, 6) is -0.299. The molecule has 0 fully saturated rings. The number of hydrogen-bond acceptors (Lipinski definition) is 2. The summed E-state index contributed by atoms with van der Waals surface area (Å²) < 4.78 is 13.2. The number of benzene rings is 1. The minimum Gasteiger partial charge on any atom is -0.392 e. The van der Waals surface area contributed by atoms with Crippen LogP contribution in [0.1, 0.15) is 30.5 Å². The fourth-order valence-electron chi connectivity index (χ4n) is 1.20. The largest absolute Gasteiger partial charge is 0.392 e. The van der Waals surface area contributed by atoms with Crippen molar-refractivity contribution in [1.29, 1.82) is 0 Å². The maximum Gasteiger partial charge on any atom is 0.127 e. The summed E-state index contributed by atoms with van der Waals surface area (Å²) in [7, 11) is 0. The van der Waals surface area contributed by atoms with E-state index in [-0.39, 0.29) is 18.5 Å². The van der Waals surface area contributed by atoms with Crippen molar-refractivity contribution >= 4 is 0 Å². The van der Waals surface area contributed by atoms with Gasteiger partial charge in [0.1, 0.15) is 5.82 Å². The van der Waals surface area contributed by atoms with Crippen LogP contribution in [0.3, 0.4) is 0 Å². The van der Waals surface area contributed by atoms with Gasteiger partial charge in [0.2, 0.25) is 0 Å². The zero-order chi connectivity index (χ0) is 9.84. The van der Waals surface area contributed by atoms with Crippen molar-refractivity contribution < 1.29 is 9.50 Å². The van der Waals surface area contributed by atoms with E-state index in [1.54, 1.807) is 12.1 Å². The van der Waals surface area contributed by atoms with Gasteiger partial charge in [0.05, 0.1) is 6.61 Å². The summed E-state index contributed by atoms with van der Waals surface area (Å²) in [5.41, 5.74) is 6.87. The highest BCUT2D eigenvalue weighted by Gasteiger charge is 2.09. The molecule has 1 aromatic rings. The summed E-state index contributed by atoms with van der Waals surface area (Å²) in [4.78, 5) is 0. The summed E-state index contributed by atoms with van der Waals surface area (Å²) >= 11 is 0. The molecular weight excluding hydrogens is 169 g/mol. The van der Waals surface area contributed by atoms with Crippen LogP contribution in [0.5, 0.6) is 0 Å². The van der Waals surface area contributed by atoms with E-state index in [0.29, 0.717) is 17.5 Å². The lowest BCUT2D eigenvalue weighted by Crippen LogP contribution is -2.11. The van der Waals surface area contributed by atoms with Crippen LogP contribution >= 0.6 is 0 Å². The van der Waals surface area contributed by atoms with Gasteiger partial charge in [-0.2, -0.15) is 0 Å². The van der Waals surface area contributed by atoms with Crippen molar-refractivity contribution in [3.05, 3.63) is 35.1 Å². The molecule has 0 amide bonds. The molecule has 0 heterocycles. The maximum atomic E-state index is 13.2. The second-order valence-electron chi connectivity index (χ2n) is 3.03. The van der Waals surface area contributed by atoms with E-state index in [0.717, 1.165) is 0 Å². The van der Waals surface area contributed by atoms with Crippen molar-refractivity contribution in [3.63, 3.8) is 0 Å². The van der Waals surface area contributed by atoms with E-state index in [2.05, 4.69) is 0 Å². The van der Waals surface area contributed by atoms with Crippen LogP contribution in [0.15, 0.2) is 18.2 Å². The highest BCUT2D eigenvalue weighted by Crippen LogP contribution is 2.19. The van der Waals surface area contributed by atoms with E-state index in [1.807, 2.05) is 6.92 Å². The number of hydrogen-bond donors (Lipinski definition) is 2. The first-order valence-corrected chi connectivity index (χ1v) is 4.33. The van der Waals surface area contributed by atoms with Crippen LogP contribution in [0, 0.1) is 5.82 Å². The summed E-state index contributed by atoms with van der Waals surface area (Å²) in [6.45, 7) is 1.82. The van der Waals surface area contributed by atoms with Gasteiger partial charge in [0, 0.05) is 11.6 Å². The highest BCUT2D eigenvalue weighted by atomic mass is 19.1. The van der Waals surface area contributed by atoms with Crippen LogP contribution in [-0.2, 0) is 6.61 Å². The van der Waals surface area contributed by atoms with Gasteiger partial charge in [0.15, 0.2) is 0 Å². The van der Waals surface area contributed by atoms with Gasteiger partial charge >= 0.3 is 0 Å². The van der Waals surface area contributed by atoms with Crippen molar-refractivity contribution in [2.75, 3.05) is 0 Å². The van der Waals surface area contributed by atoms with Gasteiger partial charge < -0.3 is 10.8 Å². The van der Waals surface area contributed by atoms with Crippen molar-refractivity contribution in [2.24, 2.45) is 5.73 Å². The van der Waals surface area contributed by atoms with E-state index < -0.39 is 0 Å². The molecule has 1 rings (SSSR count). The first kappa shape index (κ1) is 10.2. The molecule has 1 unspecified atom stereocenters. The minimum absolute atomic E-state index is 0.0796. The Balaban J connectivity index is 3.03. The first-order chi connectivity index (χ1) is 6.19. The quantitative estimate of drug-likeness (QED) is 0.749. The Bertz CT molecular complexity index is 288. The molecule has 3 N–H and O–H groups in total. The monoisotopic (exact) mass is 183 g/mol. The van der Waals surface area contributed by atoms with Gasteiger partial charge in [0.25, 0.3) is 0 Å². The SMILES string of the molecule is CCC(N)c1cc(CO)ccc1F. The Morgan fingerprint density at radius 3 is 2.77 bits per heavy atom. The standard InChI is InChI=1S/C10H14FNO/c1-2-10(12)8-5-7(6-13)3-4-9(8)11/h3-5,10,13H,2,6,12H2,1H3. The van der Waals surface area contributed by atoms with Crippen molar-refractivity contribution in [3.8, 4) is 0 Å². The predicted molar refractivity (Wildman–Crippen MR) is 49.5 cm³/mol. The topological polar surface area (TPSA) is 46.2 Å². The molecule has 13 heavy (non-hydrogen) atoms. The lowest BCUT2D eigenvalue weighted by molar-refractivity contribution is 0.281. The summed E-state index contributed by atoms with van der Waals surface area (Å²) in [5, 5.41) is 8.84. The Kier molecular flexibility index (Phi) is 3.39. The van der Waals surface area contributed by atoms with Crippen LogP contribution in [0.25, 0.3) is 0 Å². The number of rotatable bonds is 3. The molecule has 3 heteroatoms. The highest BCUT2D eigenvalue weighted by molar-refractivity contribution is 5.27. The van der Waals surface area contributed by atoms with Crippen LogP contribution in [0.4, 0.5) is 4.39 Å². The number of halogens is 1. The predicted octanol–water partition coefficient (Wildman–Crippen LogP) is 1.73. The Labute approximate surface area is 77.2 Å². The summed E-state index contributed by atoms with van der Waals surface area (Å²) in [6, 6.07) is 4.23. The third kappa shape index (κ3) is 2.26. The molecule has 0 bridgehead atoms. The second-order valence-corrected chi connectivity index (χ2v) is 3.03. The molecule has 2 nitrogen and oxygen atoms in total. The van der Waals surface area contributed by atoms with Gasteiger partial charge in [-0.05, 0) is 24.1 Å². The normalized spacial score (nSPS) is 12.9. The van der Waals surface area contributed by atoms with E-state index >= 15 is 0 Å². The molecule has 0 aliphatic carbocycles. The van der Waals surface area contributed by atoms with Crippen molar-refractivity contribution in [2.45, 2.75) is 26.0 Å². The van der Waals surface area contributed by atoms with Gasteiger partial charge in [-0.25, -0.2) is 4.39 Å². The van der Waals surface area contributed by atoms with Crippen LogP contribution in [-0.4, -0.2) is 5.11 Å². The third-order valence-electron chi connectivity index (χ3n) is 2.08. The molecule has 0 saturated carbocycles. The van der Waals surface area contributed by atoms with Crippen LogP contribution in [0.2, 0.25) is 0 Å². The molecule has 0 aromatic heterocycles. The molecule has 0 aliphatic heterocycles. The van der Waals surface area contributed by atoms with E-state index in [9.17, 15) is 4.39 Å². The van der Waals surface area contributed by atoms with Gasteiger partial charge in [-0.3, -0.25) is 0 Å². The van der Waals surface area contributed by atoms with Crippen LogP contribution < -0.4 is 5.73 Å². The first-order valence-electron chi connectivity index (χ1n) is 4.33. The smallest absolute Gasteiger partial charge is 0.127 e. The maximum absolute atomic E-state index is 13.2. The zero-order valence-corrected chi connectivity index (χ0v) is 7.63. The lowest BCUT2D eigenvalue weighted by atomic mass is 10.0. The average Bonchev–Trinajstić information content (AvgIpc) is 2.17. The fraction of sp³-hybridized carbons (Fsp3) is 0.400. The van der Waals surface area contributed by atoms with Gasteiger partial charge in [-0.15, -0.1) is 0 Å². The molecule has 1 aromatic carbocycles. The second kappa shape index (κ2) is 4.35. The van der Waals surface area contributed by atoms with Crippen molar-refractivity contribution in [1.82, 2.24) is 0 Å². The fourth-order valence-corrected chi connectivity index (χ4v) is 1.20. The number of aliphatic hydroxyl groups is 1. The molecule has 0 aliphatic rings. The molecule has 0 saturated heterocycles. The Hall–Kier alpha value is -0.930. The minimum atomic E-state index is -0.299. The van der Waals surface area contributed by atoms with Gasteiger partial charge in [-0.1, -0.05) is 13.0 Å². The Morgan fingerprint density at radius 2 is 2.23 bits per heavy atom. The molecule has 1 atom stereocenters. The molecule has 72 valence electrons. The number of aliphatic hydroxyl groups excluding tert-OH is 1.